The standard InChI is InChI=1S/C69H56N2/c1-67(2,3)46-30-34-50(35-31-46)70(48-19-9-7-10-20-48)52-38-41-54-45(43-52)29-40-60-64-58-26-14-13-23-55(58)61-44-53(71(49-21-11-8-12-22-49)51-36-32-47(33-37-51)68(4,5)6)39-42-59(61)66(64)69(65(54)60)62-27-17-15-24-56(62)57-25-16-18-28-63(57)69/h7-44H,1-6H3. The first-order chi connectivity index (χ1) is 34.5. The molecule has 0 saturated heterocycles. The summed E-state index contributed by atoms with van der Waals surface area (Å²) in [5.74, 6) is 0. The minimum absolute atomic E-state index is 0.0540. The Morgan fingerprint density at radius 1 is 0.296 bits per heavy atom. The normalized spacial score (nSPS) is 13.3. The van der Waals surface area contributed by atoms with E-state index in [0.717, 1.165) is 34.1 Å². The van der Waals surface area contributed by atoms with E-state index in [-0.39, 0.29) is 10.8 Å². The zero-order valence-electron chi connectivity index (χ0n) is 41.3. The summed E-state index contributed by atoms with van der Waals surface area (Å²) in [6, 6.07) is 86.8. The molecule has 71 heavy (non-hydrogen) atoms. The molecule has 342 valence electrons. The van der Waals surface area contributed by atoms with Crippen molar-refractivity contribution in [1.29, 1.82) is 0 Å². The molecule has 0 atom stereocenters. The van der Waals surface area contributed by atoms with Crippen LogP contribution in [0.1, 0.15) is 74.9 Å². The van der Waals surface area contributed by atoms with Gasteiger partial charge in [-0.25, -0.2) is 0 Å². The summed E-state index contributed by atoms with van der Waals surface area (Å²) in [7, 11) is 0. The Morgan fingerprint density at radius 3 is 1.27 bits per heavy atom. The van der Waals surface area contributed by atoms with E-state index in [2.05, 4.69) is 282 Å². The van der Waals surface area contributed by atoms with Gasteiger partial charge < -0.3 is 9.80 Å². The average Bonchev–Trinajstić information content (AvgIpc) is 3.88. The molecule has 2 nitrogen and oxygen atoms in total. The van der Waals surface area contributed by atoms with Gasteiger partial charge in [-0.2, -0.15) is 0 Å². The van der Waals surface area contributed by atoms with Gasteiger partial charge in [0.2, 0.25) is 0 Å². The molecule has 0 heterocycles. The van der Waals surface area contributed by atoms with E-state index in [9.17, 15) is 0 Å². The van der Waals surface area contributed by atoms with Crippen LogP contribution in [-0.2, 0) is 16.2 Å². The van der Waals surface area contributed by atoms with E-state index in [1.165, 1.54) is 88.0 Å². The van der Waals surface area contributed by atoms with Crippen LogP contribution in [0.5, 0.6) is 0 Å². The summed E-state index contributed by atoms with van der Waals surface area (Å²) in [6.45, 7) is 13.7. The number of rotatable bonds is 6. The highest BCUT2D eigenvalue weighted by Gasteiger charge is 2.54. The summed E-state index contributed by atoms with van der Waals surface area (Å²) in [4.78, 5) is 4.82. The lowest BCUT2D eigenvalue weighted by molar-refractivity contribution is 0.590. The molecule has 0 N–H and O–H groups in total. The molecular formula is C69H56N2. The maximum Gasteiger partial charge on any atom is 0.0737 e. The van der Waals surface area contributed by atoms with Gasteiger partial charge in [-0.15, -0.1) is 0 Å². The molecule has 0 aliphatic heterocycles. The molecule has 11 aromatic carbocycles. The molecule has 2 aliphatic rings. The molecule has 0 unspecified atom stereocenters. The van der Waals surface area contributed by atoms with Gasteiger partial charge in [0.25, 0.3) is 0 Å². The number of hydrogen-bond acceptors (Lipinski definition) is 2. The maximum absolute atomic E-state index is 2.46. The molecule has 0 bridgehead atoms. The minimum atomic E-state index is -0.591. The van der Waals surface area contributed by atoms with Crippen molar-refractivity contribution in [2.24, 2.45) is 0 Å². The number of nitrogens with zero attached hydrogens (tertiary/aromatic N) is 2. The summed E-state index contributed by atoms with van der Waals surface area (Å²) in [6.07, 6.45) is 0. The zero-order chi connectivity index (χ0) is 48.2. The third-order valence-corrected chi connectivity index (χ3v) is 15.5. The van der Waals surface area contributed by atoms with Gasteiger partial charge >= 0.3 is 0 Å². The van der Waals surface area contributed by atoms with E-state index >= 15 is 0 Å². The van der Waals surface area contributed by atoms with Crippen LogP contribution in [0.15, 0.2) is 231 Å². The average molecular weight is 913 g/mol. The Kier molecular flexibility index (Phi) is 9.61. The molecule has 0 fully saturated rings. The fraction of sp³-hybridized carbons (Fsp3) is 0.130. The largest absolute Gasteiger partial charge is 0.310 e. The van der Waals surface area contributed by atoms with Crippen molar-refractivity contribution < 1.29 is 0 Å². The lowest BCUT2D eigenvalue weighted by Crippen LogP contribution is -2.26. The van der Waals surface area contributed by atoms with Gasteiger partial charge in [0.05, 0.1) is 5.41 Å². The van der Waals surface area contributed by atoms with Crippen molar-refractivity contribution >= 4 is 66.4 Å². The summed E-state index contributed by atoms with van der Waals surface area (Å²) in [5.41, 5.74) is 19.6. The first-order valence-corrected chi connectivity index (χ1v) is 25.2. The second-order valence-corrected chi connectivity index (χ2v) is 21.7. The lowest BCUT2D eigenvalue weighted by atomic mass is 9.68. The smallest absolute Gasteiger partial charge is 0.0737 e. The molecule has 0 amide bonds. The number of para-hydroxylation sites is 2. The SMILES string of the molecule is CC(C)(C)c1ccc(N(c2ccccc2)c2ccc3c4c(ccc3c2)-c2c(c3ccc(N(c5ccccc5)c5ccc(C(C)(C)C)cc5)cc3c3ccccc23)C42c3ccccc3-c3ccccc32)cc1. The predicted octanol–water partition coefficient (Wildman–Crippen LogP) is 19.0. The first-order valence-electron chi connectivity index (χ1n) is 25.2. The Hall–Kier alpha value is -8.20. The summed E-state index contributed by atoms with van der Waals surface area (Å²) < 4.78 is 0. The molecule has 1 spiro atoms. The highest BCUT2D eigenvalue weighted by molar-refractivity contribution is 6.22. The molecule has 13 rings (SSSR count). The molecule has 0 radical (unpaired) electrons. The number of fused-ring (bicyclic) bond motifs is 17. The van der Waals surface area contributed by atoms with Crippen LogP contribution in [0, 0.1) is 0 Å². The topological polar surface area (TPSA) is 6.48 Å². The van der Waals surface area contributed by atoms with Crippen molar-refractivity contribution in [3.05, 3.63) is 264 Å². The maximum atomic E-state index is 2.46. The van der Waals surface area contributed by atoms with Crippen molar-refractivity contribution in [2.75, 3.05) is 9.80 Å². The van der Waals surface area contributed by atoms with Crippen LogP contribution in [0.2, 0.25) is 0 Å². The number of benzene rings is 11. The van der Waals surface area contributed by atoms with Crippen molar-refractivity contribution in [3.8, 4) is 22.3 Å². The van der Waals surface area contributed by atoms with Crippen molar-refractivity contribution in [3.63, 3.8) is 0 Å². The van der Waals surface area contributed by atoms with Gasteiger partial charge in [-0.3, -0.25) is 0 Å². The van der Waals surface area contributed by atoms with Gasteiger partial charge in [-0.05, 0) is 172 Å². The van der Waals surface area contributed by atoms with E-state index in [1.54, 1.807) is 0 Å². The highest BCUT2D eigenvalue weighted by atomic mass is 15.1. The Bertz CT molecular complexity index is 3830. The van der Waals surface area contributed by atoms with Crippen LogP contribution in [0.4, 0.5) is 34.1 Å². The van der Waals surface area contributed by atoms with Gasteiger partial charge in [0.1, 0.15) is 0 Å². The second kappa shape index (κ2) is 15.9. The molecule has 2 aliphatic carbocycles. The van der Waals surface area contributed by atoms with E-state index < -0.39 is 5.41 Å². The number of hydrogen-bond donors (Lipinski definition) is 0. The number of anilines is 6. The molecule has 2 heteroatoms. The van der Waals surface area contributed by atoms with E-state index in [4.69, 9.17) is 0 Å². The molecule has 0 aromatic heterocycles. The van der Waals surface area contributed by atoms with Crippen LogP contribution < -0.4 is 9.80 Å². The van der Waals surface area contributed by atoms with E-state index in [0.29, 0.717) is 0 Å². The quantitative estimate of drug-likeness (QED) is 0.153. The van der Waals surface area contributed by atoms with Gasteiger partial charge in [0, 0.05) is 34.1 Å². The zero-order valence-corrected chi connectivity index (χ0v) is 41.3. The minimum Gasteiger partial charge on any atom is -0.310 e. The first kappa shape index (κ1) is 42.9. The van der Waals surface area contributed by atoms with Crippen LogP contribution in [0.3, 0.4) is 0 Å². The summed E-state index contributed by atoms with van der Waals surface area (Å²) >= 11 is 0. The highest BCUT2D eigenvalue weighted by Crippen LogP contribution is 2.67. The van der Waals surface area contributed by atoms with Gasteiger partial charge in [0.15, 0.2) is 0 Å². The Balaban J connectivity index is 1.08. The molecule has 11 aromatic rings. The third-order valence-electron chi connectivity index (χ3n) is 15.5. The fourth-order valence-electron chi connectivity index (χ4n) is 12.2. The lowest BCUT2D eigenvalue weighted by Gasteiger charge is -2.33. The second-order valence-electron chi connectivity index (χ2n) is 21.7. The Morgan fingerprint density at radius 2 is 0.732 bits per heavy atom. The van der Waals surface area contributed by atoms with Crippen molar-refractivity contribution in [1.82, 2.24) is 0 Å². The van der Waals surface area contributed by atoms with Crippen LogP contribution >= 0.6 is 0 Å². The van der Waals surface area contributed by atoms with Crippen LogP contribution in [0.25, 0.3) is 54.6 Å². The molecule has 0 saturated carbocycles. The summed E-state index contributed by atoms with van der Waals surface area (Å²) in [5, 5.41) is 7.55. The molecular weight excluding hydrogens is 857 g/mol. The van der Waals surface area contributed by atoms with E-state index in [1.807, 2.05) is 0 Å². The van der Waals surface area contributed by atoms with Crippen molar-refractivity contribution in [2.45, 2.75) is 57.8 Å². The fourth-order valence-corrected chi connectivity index (χ4v) is 12.2. The van der Waals surface area contributed by atoms with Gasteiger partial charge in [-0.1, -0.05) is 199 Å². The monoisotopic (exact) mass is 912 g/mol. The Labute approximate surface area is 418 Å². The third kappa shape index (κ3) is 6.54. The van der Waals surface area contributed by atoms with Crippen LogP contribution in [-0.4, -0.2) is 0 Å². The predicted molar refractivity (Wildman–Crippen MR) is 302 cm³/mol.